The molecule has 1 rings (SSSR count). The molecule has 0 bridgehead atoms. The molecular formula is C7H12ClNO. The number of hydrogen-bond acceptors (Lipinski definition) is 2. The zero-order valence-corrected chi connectivity index (χ0v) is 6.60. The van der Waals surface area contributed by atoms with E-state index in [1.807, 2.05) is 0 Å². The minimum Gasteiger partial charge on any atom is -0.373 e. The van der Waals surface area contributed by atoms with Gasteiger partial charge in [0.25, 0.3) is 0 Å². The quantitative estimate of drug-likeness (QED) is 0.676. The Morgan fingerprint density at radius 2 is 2.30 bits per heavy atom. The zero-order valence-electron chi connectivity index (χ0n) is 5.85. The molecule has 10 heavy (non-hydrogen) atoms. The third-order valence-corrected chi connectivity index (χ3v) is 1.72. The molecule has 2 N–H and O–H groups in total. The molecule has 0 aromatic carbocycles. The first-order valence-electron chi connectivity index (χ1n) is 3.39. The SMILES string of the molecule is C=C(Cl)COC1CC(N)C1. The molecule has 0 aromatic heterocycles. The highest BCUT2D eigenvalue weighted by Gasteiger charge is 2.26. The maximum atomic E-state index is 5.54. The molecule has 1 aliphatic carbocycles. The van der Waals surface area contributed by atoms with Crippen molar-refractivity contribution in [3.63, 3.8) is 0 Å². The normalized spacial score (nSPS) is 31.4. The zero-order chi connectivity index (χ0) is 7.56. The van der Waals surface area contributed by atoms with Gasteiger partial charge in [-0.05, 0) is 12.8 Å². The van der Waals surface area contributed by atoms with E-state index < -0.39 is 0 Å². The molecule has 0 spiro atoms. The van der Waals surface area contributed by atoms with E-state index in [2.05, 4.69) is 6.58 Å². The van der Waals surface area contributed by atoms with Crippen molar-refractivity contribution in [1.82, 2.24) is 0 Å². The highest BCUT2D eigenvalue weighted by atomic mass is 35.5. The smallest absolute Gasteiger partial charge is 0.0820 e. The van der Waals surface area contributed by atoms with Gasteiger partial charge in [-0.15, -0.1) is 0 Å². The lowest BCUT2D eigenvalue weighted by Crippen LogP contribution is -2.41. The first-order valence-corrected chi connectivity index (χ1v) is 3.76. The van der Waals surface area contributed by atoms with Crippen molar-refractivity contribution in [3.8, 4) is 0 Å². The van der Waals surface area contributed by atoms with Gasteiger partial charge in [0, 0.05) is 11.1 Å². The second kappa shape index (κ2) is 3.37. The van der Waals surface area contributed by atoms with Gasteiger partial charge in [0.1, 0.15) is 0 Å². The van der Waals surface area contributed by atoms with Crippen LogP contribution in [-0.2, 0) is 4.74 Å². The molecule has 0 aromatic rings. The van der Waals surface area contributed by atoms with E-state index in [0.29, 0.717) is 23.8 Å². The largest absolute Gasteiger partial charge is 0.373 e. The van der Waals surface area contributed by atoms with Crippen LogP contribution in [0.1, 0.15) is 12.8 Å². The fraction of sp³-hybridized carbons (Fsp3) is 0.714. The van der Waals surface area contributed by atoms with Crippen LogP contribution in [-0.4, -0.2) is 18.8 Å². The Kier molecular flexibility index (Phi) is 2.72. The fourth-order valence-corrected chi connectivity index (χ4v) is 1.01. The maximum absolute atomic E-state index is 5.54. The average Bonchev–Trinajstić information content (AvgIpc) is 1.77. The number of ether oxygens (including phenoxy) is 1. The molecule has 0 atom stereocenters. The van der Waals surface area contributed by atoms with Crippen molar-refractivity contribution in [1.29, 1.82) is 0 Å². The van der Waals surface area contributed by atoms with Crippen LogP contribution in [0.4, 0.5) is 0 Å². The summed E-state index contributed by atoms with van der Waals surface area (Å²) in [6, 6.07) is 0.341. The third kappa shape index (κ3) is 2.29. The van der Waals surface area contributed by atoms with Gasteiger partial charge >= 0.3 is 0 Å². The highest BCUT2D eigenvalue weighted by molar-refractivity contribution is 6.29. The maximum Gasteiger partial charge on any atom is 0.0820 e. The standard InChI is InChI=1S/C7H12ClNO/c1-5(8)4-10-7-2-6(9)3-7/h6-7H,1-4,9H2. The van der Waals surface area contributed by atoms with E-state index in [0.717, 1.165) is 12.8 Å². The van der Waals surface area contributed by atoms with Gasteiger partial charge in [-0.2, -0.15) is 0 Å². The van der Waals surface area contributed by atoms with Gasteiger partial charge in [-0.25, -0.2) is 0 Å². The summed E-state index contributed by atoms with van der Waals surface area (Å²) in [6.07, 6.45) is 2.25. The molecule has 0 unspecified atom stereocenters. The highest BCUT2D eigenvalue weighted by Crippen LogP contribution is 2.21. The topological polar surface area (TPSA) is 35.2 Å². The van der Waals surface area contributed by atoms with Crippen molar-refractivity contribution >= 4 is 11.6 Å². The summed E-state index contributed by atoms with van der Waals surface area (Å²) in [4.78, 5) is 0. The van der Waals surface area contributed by atoms with Crippen LogP contribution >= 0.6 is 11.6 Å². The fourth-order valence-electron chi connectivity index (χ4n) is 0.951. The van der Waals surface area contributed by atoms with Gasteiger partial charge in [0.2, 0.25) is 0 Å². The van der Waals surface area contributed by atoms with E-state index in [4.69, 9.17) is 22.1 Å². The second-order valence-corrected chi connectivity index (χ2v) is 3.22. The molecule has 0 amide bonds. The molecule has 1 aliphatic rings. The minimum absolute atomic E-state index is 0.325. The predicted octanol–water partition coefficient (Wildman–Crippen LogP) is 1.25. The van der Waals surface area contributed by atoms with Crippen LogP contribution in [0.3, 0.4) is 0 Å². The third-order valence-electron chi connectivity index (χ3n) is 1.61. The van der Waals surface area contributed by atoms with Crippen LogP contribution in [0.5, 0.6) is 0 Å². The Labute approximate surface area is 66.0 Å². The number of nitrogens with two attached hydrogens (primary N) is 1. The molecule has 3 heteroatoms. The van der Waals surface area contributed by atoms with Crippen molar-refractivity contribution in [2.45, 2.75) is 25.0 Å². The van der Waals surface area contributed by atoms with Crippen LogP contribution < -0.4 is 5.73 Å². The van der Waals surface area contributed by atoms with Gasteiger partial charge in [-0.1, -0.05) is 18.2 Å². The van der Waals surface area contributed by atoms with Crippen LogP contribution in [0, 0.1) is 0 Å². The Morgan fingerprint density at radius 3 is 2.70 bits per heavy atom. The molecule has 0 saturated heterocycles. The van der Waals surface area contributed by atoms with E-state index in [-0.39, 0.29) is 0 Å². The Hall–Kier alpha value is -0.0500. The van der Waals surface area contributed by atoms with Gasteiger partial charge in [0.15, 0.2) is 0 Å². The summed E-state index contributed by atoms with van der Waals surface area (Å²) in [5, 5.41) is 0.556. The van der Waals surface area contributed by atoms with Gasteiger partial charge in [0.05, 0.1) is 12.7 Å². The average molecular weight is 162 g/mol. The first kappa shape index (κ1) is 8.05. The van der Waals surface area contributed by atoms with E-state index in [1.165, 1.54) is 0 Å². The molecule has 2 nitrogen and oxygen atoms in total. The number of rotatable bonds is 3. The summed E-state index contributed by atoms with van der Waals surface area (Å²) in [5.74, 6) is 0. The Balaban J connectivity index is 2.00. The van der Waals surface area contributed by atoms with Gasteiger partial charge < -0.3 is 10.5 Å². The monoisotopic (exact) mass is 161 g/mol. The Bertz CT molecular complexity index is 132. The molecule has 58 valence electrons. The summed E-state index contributed by atoms with van der Waals surface area (Å²) in [7, 11) is 0. The minimum atomic E-state index is 0.325. The summed E-state index contributed by atoms with van der Waals surface area (Å²) >= 11 is 5.49. The summed E-state index contributed by atoms with van der Waals surface area (Å²) in [6.45, 7) is 3.97. The van der Waals surface area contributed by atoms with Crippen LogP contribution in [0.25, 0.3) is 0 Å². The molecule has 0 aliphatic heterocycles. The molecule has 0 radical (unpaired) electrons. The van der Waals surface area contributed by atoms with E-state index >= 15 is 0 Å². The second-order valence-electron chi connectivity index (χ2n) is 2.68. The predicted molar refractivity (Wildman–Crippen MR) is 41.9 cm³/mol. The molecule has 1 fully saturated rings. The first-order chi connectivity index (χ1) is 4.68. The van der Waals surface area contributed by atoms with E-state index in [9.17, 15) is 0 Å². The molecule has 1 saturated carbocycles. The van der Waals surface area contributed by atoms with Crippen molar-refractivity contribution < 1.29 is 4.74 Å². The molecule has 0 heterocycles. The lowest BCUT2D eigenvalue weighted by atomic mass is 9.90. The van der Waals surface area contributed by atoms with Crippen LogP contribution in [0.2, 0.25) is 0 Å². The molecular weight excluding hydrogens is 150 g/mol. The van der Waals surface area contributed by atoms with Crippen molar-refractivity contribution in [2.24, 2.45) is 5.73 Å². The summed E-state index contributed by atoms with van der Waals surface area (Å²) in [5.41, 5.74) is 5.54. The van der Waals surface area contributed by atoms with Gasteiger partial charge in [-0.3, -0.25) is 0 Å². The Morgan fingerprint density at radius 1 is 1.70 bits per heavy atom. The number of hydrogen-bond donors (Lipinski definition) is 1. The van der Waals surface area contributed by atoms with Crippen molar-refractivity contribution in [3.05, 3.63) is 11.6 Å². The summed E-state index contributed by atoms with van der Waals surface area (Å²) < 4.78 is 5.30. The lowest BCUT2D eigenvalue weighted by molar-refractivity contribution is 0.00586. The van der Waals surface area contributed by atoms with E-state index in [1.54, 1.807) is 0 Å². The van der Waals surface area contributed by atoms with Crippen molar-refractivity contribution in [2.75, 3.05) is 6.61 Å². The van der Waals surface area contributed by atoms with Crippen LogP contribution in [0.15, 0.2) is 11.6 Å². The lowest BCUT2D eigenvalue weighted by Gasteiger charge is -2.31. The number of halogens is 1.